The third-order valence-electron chi connectivity index (χ3n) is 3.43. The van der Waals surface area contributed by atoms with Gasteiger partial charge in [0.25, 0.3) is 5.91 Å². The van der Waals surface area contributed by atoms with E-state index < -0.39 is 0 Å². The summed E-state index contributed by atoms with van der Waals surface area (Å²) in [5, 5.41) is 3.59. The summed E-state index contributed by atoms with van der Waals surface area (Å²) in [4.78, 5) is 15.4. The highest BCUT2D eigenvalue weighted by atomic mass is 16.5. The summed E-state index contributed by atoms with van der Waals surface area (Å²) in [7, 11) is 3.14. The second-order valence-electron chi connectivity index (χ2n) is 4.72. The van der Waals surface area contributed by atoms with Gasteiger partial charge in [-0.3, -0.25) is 4.79 Å². The smallest absolute Gasteiger partial charge is 0.253 e. The lowest BCUT2D eigenvalue weighted by atomic mass is 10.1. The summed E-state index contributed by atoms with van der Waals surface area (Å²) >= 11 is 0. The number of benzene rings is 1. The molecule has 1 amide bonds. The van der Waals surface area contributed by atoms with Crippen molar-refractivity contribution in [1.82, 2.24) is 10.3 Å². The van der Waals surface area contributed by atoms with Gasteiger partial charge in [-0.1, -0.05) is 0 Å². The molecule has 0 aliphatic heterocycles. The molecule has 0 bridgehead atoms. The topological polar surface area (TPSA) is 76.5 Å². The van der Waals surface area contributed by atoms with Gasteiger partial charge in [-0.2, -0.15) is 0 Å². The molecule has 3 aromatic rings. The van der Waals surface area contributed by atoms with Gasteiger partial charge in [0.2, 0.25) is 0 Å². The van der Waals surface area contributed by atoms with Crippen molar-refractivity contribution in [3.05, 3.63) is 48.0 Å². The number of aromatic nitrogens is 1. The van der Waals surface area contributed by atoms with Crippen LogP contribution in [0, 0.1) is 0 Å². The first kappa shape index (κ1) is 14.1. The first-order valence-electron chi connectivity index (χ1n) is 6.76. The van der Waals surface area contributed by atoms with E-state index >= 15 is 0 Å². The summed E-state index contributed by atoms with van der Waals surface area (Å²) in [6, 6.07) is 7.18. The Morgan fingerprint density at radius 2 is 2.05 bits per heavy atom. The zero-order chi connectivity index (χ0) is 15.5. The Balaban J connectivity index is 1.88. The van der Waals surface area contributed by atoms with Gasteiger partial charge in [-0.25, -0.2) is 0 Å². The summed E-state index contributed by atoms with van der Waals surface area (Å²) in [5.74, 6) is 1.70. The van der Waals surface area contributed by atoms with Gasteiger partial charge in [-0.15, -0.1) is 0 Å². The molecule has 22 heavy (non-hydrogen) atoms. The molecule has 3 rings (SSSR count). The molecule has 6 nitrogen and oxygen atoms in total. The lowest BCUT2D eigenvalue weighted by Gasteiger charge is -2.08. The summed E-state index contributed by atoms with van der Waals surface area (Å²) in [5.41, 5.74) is 1.35. The van der Waals surface area contributed by atoms with Crippen LogP contribution in [0.15, 0.2) is 41.1 Å². The van der Waals surface area contributed by atoms with E-state index in [-0.39, 0.29) is 5.91 Å². The van der Waals surface area contributed by atoms with Crippen molar-refractivity contribution in [2.45, 2.75) is 6.54 Å². The summed E-state index contributed by atoms with van der Waals surface area (Å²) in [6.45, 7) is 0.339. The molecule has 1 aromatic carbocycles. The van der Waals surface area contributed by atoms with E-state index in [9.17, 15) is 4.79 Å². The van der Waals surface area contributed by atoms with Crippen LogP contribution in [0.5, 0.6) is 11.5 Å². The van der Waals surface area contributed by atoms with E-state index in [0.717, 1.165) is 10.9 Å². The maximum absolute atomic E-state index is 12.3. The molecule has 0 saturated heterocycles. The molecule has 0 saturated carbocycles. The number of H-pyrrole nitrogens is 1. The fourth-order valence-corrected chi connectivity index (χ4v) is 2.31. The highest BCUT2D eigenvalue weighted by molar-refractivity contribution is 6.07. The number of hydrogen-bond donors (Lipinski definition) is 2. The Hall–Kier alpha value is -2.89. The van der Waals surface area contributed by atoms with Crippen molar-refractivity contribution in [1.29, 1.82) is 0 Å². The summed E-state index contributed by atoms with van der Waals surface area (Å²) in [6.07, 6.45) is 3.24. The largest absolute Gasteiger partial charge is 0.493 e. The number of amides is 1. The Labute approximate surface area is 127 Å². The molecule has 0 fully saturated rings. The van der Waals surface area contributed by atoms with Gasteiger partial charge < -0.3 is 24.2 Å². The molecule has 0 radical (unpaired) electrons. The van der Waals surface area contributed by atoms with E-state index in [1.54, 1.807) is 44.9 Å². The summed E-state index contributed by atoms with van der Waals surface area (Å²) < 4.78 is 15.7. The first-order valence-corrected chi connectivity index (χ1v) is 6.76. The molecule has 0 aliphatic carbocycles. The zero-order valence-electron chi connectivity index (χ0n) is 12.3. The van der Waals surface area contributed by atoms with Crippen molar-refractivity contribution in [3.8, 4) is 11.5 Å². The van der Waals surface area contributed by atoms with Gasteiger partial charge in [-0.05, 0) is 18.2 Å². The molecule has 0 atom stereocenters. The second kappa shape index (κ2) is 5.85. The van der Waals surface area contributed by atoms with Crippen LogP contribution in [0.4, 0.5) is 0 Å². The normalized spacial score (nSPS) is 10.6. The Bertz CT molecular complexity index is 790. The molecule has 2 N–H and O–H groups in total. The molecular formula is C16H16N2O4. The van der Waals surface area contributed by atoms with Crippen molar-refractivity contribution in [2.75, 3.05) is 14.2 Å². The Kier molecular flexibility index (Phi) is 3.74. The van der Waals surface area contributed by atoms with Crippen molar-refractivity contribution >= 4 is 16.8 Å². The van der Waals surface area contributed by atoms with Gasteiger partial charge in [0.05, 0.1) is 38.1 Å². The average molecular weight is 300 g/mol. The van der Waals surface area contributed by atoms with Gasteiger partial charge in [0.1, 0.15) is 5.76 Å². The predicted molar refractivity (Wildman–Crippen MR) is 81.3 cm³/mol. The van der Waals surface area contributed by atoms with Crippen LogP contribution < -0.4 is 14.8 Å². The molecule has 0 unspecified atom stereocenters. The number of furan rings is 1. The Morgan fingerprint density at radius 1 is 1.27 bits per heavy atom. The van der Waals surface area contributed by atoms with Crippen LogP contribution in [-0.2, 0) is 6.54 Å². The lowest BCUT2D eigenvalue weighted by molar-refractivity contribution is 0.0949. The minimum Gasteiger partial charge on any atom is -0.493 e. The van der Waals surface area contributed by atoms with E-state index in [1.165, 1.54) is 0 Å². The Morgan fingerprint density at radius 3 is 2.73 bits per heavy atom. The van der Waals surface area contributed by atoms with Gasteiger partial charge >= 0.3 is 0 Å². The van der Waals surface area contributed by atoms with Crippen molar-refractivity contribution in [3.63, 3.8) is 0 Å². The van der Waals surface area contributed by atoms with E-state index in [0.29, 0.717) is 29.4 Å². The fraction of sp³-hybridized carbons (Fsp3) is 0.188. The lowest BCUT2D eigenvalue weighted by Crippen LogP contribution is -2.22. The fourth-order valence-electron chi connectivity index (χ4n) is 2.31. The monoisotopic (exact) mass is 300 g/mol. The number of carbonyl (C=O) groups is 1. The number of hydrogen-bond acceptors (Lipinski definition) is 4. The first-order chi connectivity index (χ1) is 10.7. The highest BCUT2D eigenvalue weighted by Gasteiger charge is 2.15. The number of nitrogens with one attached hydrogen (secondary N) is 2. The average Bonchev–Trinajstić information content (AvgIpc) is 3.20. The number of ether oxygens (including phenoxy) is 2. The van der Waals surface area contributed by atoms with E-state index in [4.69, 9.17) is 13.9 Å². The predicted octanol–water partition coefficient (Wildman–Crippen LogP) is 2.71. The van der Waals surface area contributed by atoms with Crippen LogP contribution >= 0.6 is 0 Å². The quantitative estimate of drug-likeness (QED) is 0.759. The minimum absolute atomic E-state index is 0.185. The minimum atomic E-state index is -0.185. The van der Waals surface area contributed by atoms with Crippen LogP contribution in [0.3, 0.4) is 0 Å². The number of fused-ring (bicyclic) bond motifs is 1. The van der Waals surface area contributed by atoms with Crippen LogP contribution in [0.1, 0.15) is 16.1 Å². The molecule has 114 valence electrons. The molecule has 2 aromatic heterocycles. The second-order valence-corrected chi connectivity index (χ2v) is 4.72. The number of carbonyl (C=O) groups excluding carboxylic acids is 1. The molecular weight excluding hydrogens is 284 g/mol. The van der Waals surface area contributed by atoms with Crippen molar-refractivity contribution < 1.29 is 18.7 Å². The molecule has 6 heteroatoms. The highest BCUT2D eigenvalue weighted by Crippen LogP contribution is 2.33. The molecule has 2 heterocycles. The number of aromatic amines is 1. The maximum atomic E-state index is 12.3. The van der Waals surface area contributed by atoms with E-state index in [1.807, 2.05) is 6.07 Å². The van der Waals surface area contributed by atoms with Crippen LogP contribution in [0.2, 0.25) is 0 Å². The zero-order valence-corrected chi connectivity index (χ0v) is 12.3. The maximum Gasteiger partial charge on any atom is 0.253 e. The third kappa shape index (κ3) is 2.50. The van der Waals surface area contributed by atoms with Gasteiger partial charge in [0.15, 0.2) is 11.5 Å². The molecule has 0 spiro atoms. The number of rotatable bonds is 5. The third-order valence-corrected chi connectivity index (χ3v) is 3.43. The van der Waals surface area contributed by atoms with Gasteiger partial charge in [0, 0.05) is 17.6 Å². The molecule has 0 aliphatic rings. The SMILES string of the molecule is COc1cc2[nH]cc(C(=O)NCc3ccco3)c2cc1OC. The standard InChI is InChI=1S/C16H16N2O4/c1-20-14-6-11-12(9-17-13(11)7-15(14)21-2)16(19)18-8-10-4-3-5-22-10/h3-7,9,17H,8H2,1-2H3,(H,18,19). The van der Waals surface area contributed by atoms with Crippen molar-refractivity contribution in [2.24, 2.45) is 0 Å². The number of methoxy groups -OCH3 is 2. The van der Waals surface area contributed by atoms with Crippen LogP contribution in [0.25, 0.3) is 10.9 Å². The van der Waals surface area contributed by atoms with Crippen LogP contribution in [-0.4, -0.2) is 25.1 Å². The van der Waals surface area contributed by atoms with E-state index in [2.05, 4.69) is 10.3 Å².